The molecule has 1 atom stereocenters. The van der Waals surface area contributed by atoms with Crippen LogP contribution in [0.15, 0.2) is 36.9 Å². The smallest absolute Gasteiger partial charge is 0.115 e. The molecule has 94 valence electrons. The van der Waals surface area contributed by atoms with Gasteiger partial charge < -0.3 is 5.32 Å². The highest BCUT2D eigenvalue weighted by atomic mass is 35.5. The lowest BCUT2D eigenvalue weighted by molar-refractivity contribution is 0.626. The van der Waals surface area contributed by atoms with Gasteiger partial charge >= 0.3 is 0 Å². The van der Waals surface area contributed by atoms with Crippen LogP contribution in [0.2, 0.25) is 10.0 Å². The first-order chi connectivity index (χ1) is 8.72. The minimum Gasteiger partial charge on any atom is -0.306 e. The minimum atomic E-state index is 0.0194. The SMILES string of the molecule is CCNC(c1cncnc1)c1ccc(Cl)c(Cl)c1. The molecule has 2 rings (SSSR count). The van der Waals surface area contributed by atoms with Gasteiger partial charge in [-0.3, -0.25) is 0 Å². The summed E-state index contributed by atoms with van der Waals surface area (Å²) < 4.78 is 0. The van der Waals surface area contributed by atoms with E-state index < -0.39 is 0 Å². The number of aromatic nitrogens is 2. The van der Waals surface area contributed by atoms with E-state index in [0.717, 1.165) is 17.7 Å². The molecule has 0 amide bonds. The van der Waals surface area contributed by atoms with Crippen molar-refractivity contribution >= 4 is 23.2 Å². The van der Waals surface area contributed by atoms with Crippen molar-refractivity contribution in [2.75, 3.05) is 6.54 Å². The zero-order valence-electron chi connectivity index (χ0n) is 9.90. The summed E-state index contributed by atoms with van der Waals surface area (Å²) in [5.41, 5.74) is 2.04. The van der Waals surface area contributed by atoms with Crippen molar-refractivity contribution in [1.29, 1.82) is 0 Å². The molecular weight excluding hydrogens is 269 g/mol. The van der Waals surface area contributed by atoms with Gasteiger partial charge in [0, 0.05) is 18.0 Å². The van der Waals surface area contributed by atoms with Gasteiger partial charge in [0.25, 0.3) is 0 Å². The Labute approximate surface area is 116 Å². The average Bonchev–Trinajstić information content (AvgIpc) is 2.40. The molecule has 0 saturated heterocycles. The van der Waals surface area contributed by atoms with Crippen LogP contribution in [-0.2, 0) is 0 Å². The molecule has 0 fully saturated rings. The lowest BCUT2D eigenvalue weighted by atomic mass is 10.0. The highest BCUT2D eigenvalue weighted by Crippen LogP contribution is 2.28. The molecular formula is C13H13Cl2N3. The fourth-order valence-corrected chi connectivity index (χ4v) is 2.09. The van der Waals surface area contributed by atoms with Crippen molar-refractivity contribution in [3.8, 4) is 0 Å². The summed E-state index contributed by atoms with van der Waals surface area (Å²) in [6.45, 7) is 2.88. The summed E-state index contributed by atoms with van der Waals surface area (Å²) >= 11 is 12.0. The third kappa shape index (κ3) is 2.99. The Morgan fingerprint density at radius 2 is 1.83 bits per heavy atom. The third-order valence-corrected chi connectivity index (χ3v) is 3.34. The molecule has 3 nitrogen and oxygen atoms in total. The Kier molecular flexibility index (Phi) is 4.53. The van der Waals surface area contributed by atoms with Crippen LogP contribution in [0, 0.1) is 0 Å². The molecule has 0 radical (unpaired) electrons. The van der Waals surface area contributed by atoms with Crippen LogP contribution in [0.1, 0.15) is 24.1 Å². The Morgan fingerprint density at radius 3 is 2.44 bits per heavy atom. The third-order valence-electron chi connectivity index (χ3n) is 2.60. The van der Waals surface area contributed by atoms with Gasteiger partial charge in [-0.15, -0.1) is 0 Å². The summed E-state index contributed by atoms with van der Waals surface area (Å²) in [7, 11) is 0. The second-order valence-corrected chi connectivity index (χ2v) is 4.65. The summed E-state index contributed by atoms with van der Waals surface area (Å²) in [6, 6.07) is 5.64. The van der Waals surface area contributed by atoms with Gasteiger partial charge in [-0.1, -0.05) is 36.2 Å². The Morgan fingerprint density at radius 1 is 1.11 bits per heavy atom. The summed E-state index contributed by atoms with van der Waals surface area (Å²) in [6.07, 6.45) is 5.10. The van der Waals surface area contributed by atoms with E-state index in [2.05, 4.69) is 15.3 Å². The van der Waals surface area contributed by atoms with Crippen molar-refractivity contribution < 1.29 is 0 Å². The first-order valence-electron chi connectivity index (χ1n) is 5.65. The maximum absolute atomic E-state index is 6.05. The number of nitrogens with one attached hydrogen (secondary N) is 1. The normalized spacial score (nSPS) is 12.4. The van der Waals surface area contributed by atoms with Crippen LogP contribution < -0.4 is 5.32 Å². The van der Waals surface area contributed by atoms with Gasteiger partial charge in [-0.05, 0) is 24.2 Å². The number of rotatable bonds is 4. The molecule has 0 aliphatic rings. The van der Waals surface area contributed by atoms with Crippen LogP contribution in [0.5, 0.6) is 0 Å². The first kappa shape index (κ1) is 13.3. The van der Waals surface area contributed by atoms with E-state index in [-0.39, 0.29) is 6.04 Å². The van der Waals surface area contributed by atoms with E-state index in [1.807, 2.05) is 19.1 Å². The maximum Gasteiger partial charge on any atom is 0.115 e. The molecule has 0 aliphatic carbocycles. The second kappa shape index (κ2) is 6.14. The number of halogens is 2. The first-order valence-corrected chi connectivity index (χ1v) is 6.41. The van der Waals surface area contributed by atoms with Crippen molar-refractivity contribution in [3.63, 3.8) is 0 Å². The van der Waals surface area contributed by atoms with Crippen LogP contribution in [0.3, 0.4) is 0 Å². The Hall–Kier alpha value is -1.16. The van der Waals surface area contributed by atoms with Crippen molar-refractivity contribution in [2.24, 2.45) is 0 Å². The van der Waals surface area contributed by atoms with E-state index in [9.17, 15) is 0 Å². The van der Waals surface area contributed by atoms with E-state index in [0.29, 0.717) is 10.0 Å². The average molecular weight is 282 g/mol. The van der Waals surface area contributed by atoms with Gasteiger partial charge in [0.05, 0.1) is 16.1 Å². The molecule has 18 heavy (non-hydrogen) atoms. The largest absolute Gasteiger partial charge is 0.306 e. The summed E-state index contributed by atoms with van der Waals surface area (Å²) in [5.74, 6) is 0. The second-order valence-electron chi connectivity index (χ2n) is 3.84. The molecule has 1 heterocycles. The number of hydrogen-bond donors (Lipinski definition) is 1. The quantitative estimate of drug-likeness (QED) is 0.932. The van der Waals surface area contributed by atoms with Gasteiger partial charge in [-0.2, -0.15) is 0 Å². The summed E-state index contributed by atoms with van der Waals surface area (Å²) in [4.78, 5) is 8.09. The topological polar surface area (TPSA) is 37.8 Å². The molecule has 5 heteroatoms. The molecule has 2 aromatic rings. The fourth-order valence-electron chi connectivity index (χ4n) is 1.78. The zero-order valence-corrected chi connectivity index (χ0v) is 11.4. The van der Waals surface area contributed by atoms with E-state index in [1.165, 1.54) is 6.33 Å². The minimum absolute atomic E-state index is 0.0194. The fraction of sp³-hybridized carbons (Fsp3) is 0.231. The van der Waals surface area contributed by atoms with Gasteiger partial charge in [0.2, 0.25) is 0 Å². The molecule has 1 unspecified atom stereocenters. The molecule has 0 saturated carbocycles. The zero-order chi connectivity index (χ0) is 13.0. The highest BCUT2D eigenvalue weighted by Gasteiger charge is 2.14. The van der Waals surface area contributed by atoms with Crippen LogP contribution in [-0.4, -0.2) is 16.5 Å². The predicted molar refractivity (Wildman–Crippen MR) is 74.0 cm³/mol. The van der Waals surface area contributed by atoms with Crippen molar-refractivity contribution in [2.45, 2.75) is 13.0 Å². The molecule has 1 N–H and O–H groups in total. The number of nitrogens with zero attached hydrogens (tertiary/aromatic N) is 2. The van der Waals surface area contributed by atoms with Gasteiger partial charge in [0.15, 0.2) is 0 Å². The van der Waals surface area contributed by atoms with E-state index >= 15 is 0 Å². The van der Waals surface area contributed by atoms with E-state index in [1.54, 1.807) is 18.5 Å². The summed E-state index contributed by atoms with van der Waals surface area (Å²) in [5, 5.41) is 4.49. The monoisotopic (exact) mass is 281 g/mol. The molecule has 0 spiro atoms. The van der Waals surface area contributed by atoms with Crippen LogP contribution >= 0.6 is 23.2 Å². The number of benzene rings is 1. The predicted octanol–water partition coefficient (Wildman–Crippen LogP) is 3.48. The Bertz CT molecular complexity index is 517. The molecule has 1 aromatic heterocycles. The highest BCUT2D eigenvalue weighted by molar-refractivity contribution is 6.42. The Balaban J connectivity index is 2.38. The number of hydrogen-bond acceptors (Lipinski definition) is 3. The standard InChI is InChI=1S/C13H13Cl2N3/c1-2-18-13(10-6-16-8-17-7-10)9-3-4-11(14)12(15)5-9/h3-8,13,18H,2H2,1H3. The van der Waals surface area contributed by atoms with E-state index in [4.69, 9.17) is 23.2 Å². The van der Waals surface area contributed by atoms with Crippen molar-refractivity contribution in [1.82, 2.24) is 15.3 Å². The van der Waals surface area contributed by atoms with Crippen molar-refractivity contribution in [3.05, 3.63) is 58.1 Å². The lowest BCUT2D eigenvalue weighted by Crippen LogP contribution is -2.22. The van der Waals surface area contributed by atoms with Gasteiger partial charge in [0.1, 0.15) is 6.33 Å². The molecule has 1 aromatic carbocycles. The van der Waals surface area contributed by atoms with Crippen LogP contribution in [0.25, 0.3) is 0 Å². The van der Waals surface area contributed by atoms with Crippen LogP contribution in [0.4, 0.5) is 0 Å². The molecule has 0 bridgehead atoms. The lowest BCUT2D eigenvalue weighted by Gasteiger charge is -2.18. The van der Waals surface area contributed by atoms with Gasteiger partial charge in [-0.25, -0.2) is 9.97 Å². The maximum atomic E-state index is 6.05. The molecule has 0 aliphatic heterocycles.